The molecule has 2 amide bonds. The Balaban J connectivity index is 1.96. The van der Waals surface area contributed by atoms with Crippen LogP contribution in [0.2, 0.25) is 0 Å². The van der Waals surface area contributed by atoms with E-state index in [4.69, 9.17) is 0 Å². The van der Waals surface area contributed by atoms with Crippen LogP contribution in [0.3, 0.4) is 0 Å². The molecule has 1 aliphatic heterocycles. The minimum atomic E-state index is -0.520. The summed E-state index contributed by atoms with van der Waals surface area (Å²) < 4.78 is 0. The van der Waals surface area contributed by atoms with Gasteiger partial charge < -0.3 is 10.6 Å². The molecule has 5 nitrogen and oxygen atoms in total. The van der Waals surface area contributed by atoms with E-state index < -0.39 is 6.04 Å². The number of hydrogen-bond acceptors (Lipinski definition) is 3. The van der Waals surface area contributed by atoms with Crippen molar-refractivity contribution in [2.24, 2.45) is 11.8 Å². The van der Waals surface area contributed by atoms with Crippen LogP contribution in [0.4, 0.5) is 0 Å². The number of likely N-dealkylation sites (tertiary alicyclic amines) is 1. The first kappa shape index (κ1) is 19.4. The van der Waals surface area contributed by atoms with Gasteiger partial charge in [-0.3, -0.25) is 14.5 Å². The molecule has 0 spiro atoms. The summed E-state index contributed by atoms with van der Waals surface area (Å²) in [5, 5.41) is 5.54. The summed E-state index contributed by atoms with van der Waals surface area (Å²) in [6.45, 7) is 11.4. The second-order valence-electron chi connectivity index (χ2n) is 7.55. The zero-order valence-corrected chi connectivity index (χ0v) is 15.8. The van der Waals surface area contributed by atoms with Crippen LogP contribution in [0, 0.1) is 11.8 Å². The summed E-state index contributed by atoms with van der Waals surface area (Å²) >= 11 is 0. The molecule has 1 heterocycles. The van der Waals surface area contributed by atoms with Crippen molar-refractivity contribution in [1.82, 2.24) is 15.5 Å². The Bertz CT molecular complexity index is 592. The van der Waals surface area contributed by atoms with Crippen LogP contribution in [0.15, 0.2) is 24.3 Å². The first-order valence-corrected chi connectivity index (χ1v) is 9.19. The fourth-order valence-corrected chi connectivity index (χ4v) is 3.75. The summed E-state index contributed by atoms with van der Waals surface area (Å²) in [5.41, 5.74) is 2.40. The molecule has 25 heavy (non-hydrogen) atoms. The lowest BCUT2D eigenvalue weighted by Gasteiger charge is -2.35. The van der Waals surface area contributed by atoms with Gasteiger partial charge in [-0.15, -0.1) is 0 Å². The van der Waals surface area contributed by atoms with E-state index in [0.717, 1.165) is 37.0 Å². The minimum absolute atomic E-state index is 0.162. The number of carbonyl (C=O) groups is 2. The normalized spacial score (nSPS) is 22.2. The lowest BCUT2D eigenvalue weighted by Crippen LogP contribution is -2.43. The van der Waals surface area contributed by atoms with Crippen LogP contribution in [-0.4, -0.2) is 35.8 Å². The molecule has 0 aromatic heterocycles. The van der Waals surface area contributed by atoms with E-state index in [1.165, 1.54) is 18.9 Å². The first-order chi connectivity index (χ1) is 11.8. The lowest BCUT2D eigenvalue weighted by atomic mass is 9.91. The smallest absolute Gasteiger partial charge is 0.242 e. The average molecular weight is 345 g/mol. The van der Waals surface area contributed by atoms with Gasteiger partial charge in [0.1, 0.15) is 6.04 Å². The molecule has 1 aromatic carbocycles. The van der Waals surface area contributed by atoms with Gasteiger partial charge in [0.15, 0.2) is 0 Å². The Labute approximate surface area is 151 Å². The monoisotopic (exact) mass is 345 g/mol. The predicted molar refractivity (Wildman–Crippen MR) is 99.8 cm³/mol. The number of benzene rings is 1. The molecule has 3 atom stereocenters. The van der Waals surface area contributed by atoms with Gasteiger partial charge in [0.2, 0.25) is 11.8 Å². The van der Waals surface area contributed by atoms with Gasteiger partial charge in [0.25, 0.3) is 0 Å². The zero-order valence-electron chi connectivity index (χ0n) is 15.8. The van der Waals surface area contributed by atoms with Gasteiger partial charge in [-0.05, 0) is 36.3 Å². The van der Waals surface area contributed by atoms with Crippen molar-refractivity contribution in [3.05, 3.63) is 35.4 Å². The van der Waals surface area contributed by atoms with Gasteiger partial charge in [-0.2, -0.15) is 0 Å². The van der Waals surface area contributed by atoms with Crippen molar-refractivity contribution in [1.29, 1.82) is 0 Å². The van der Waals surface area contributed by atoms with E-state index in [0.29, 0.717) is 6.54 Å². The molecule has 0 aliphatic carbocycles. The van der Waals surface area contributed by atoms with Crippen molar-refractivity contribution < 1.29 is 9.59 Å². The Morgan fingerprint density at radius 2 is 1.76 bits per heavy atom. The largest absolute Gasteiger partial charge is 0.350 e. The number of amides is 2. The van der Waals surface area contributed by atoms with Gasteiger partial charge in [-0.25, -0.2) is 0 Å². The van der Waals surface area contributed by atoms with Gasteiger partial charge in [0.05, 0.1) is 0 Å². The van der Waals surface area contributed by atoms with E-state index in [1.807, 2.05) is 6.07 Å². The third-order valence-electron chi connectivity index (χ3n) is 4.72. The number of nitrogens with zero attached hydrogens (tertiary/aromatic N) is 1. The van der Waals surface area contributed by atoms with Crippen LogP contribution in [-0.2, 0) is 22.7 Å². The fourth-order valence-electron chi connectivity index (χ4n) is 3.75. The standard InChI is InChI=1S/C20H31N3O2/c1-14-9-15(2)12-23(11-14)13-19-8-6-5-7-18(19)10-21-20(25)16(3)22-17(4)24/h5-8,14-16H,9-13H2,1-4H3,(H,21,25)(H,22,24)/t14-,15+,16-/m0/s1. The van der Waals surface area contributed by atoms with Crippen LogP contribution in [0.25, 0.3) is 0 Å². The highest BCUT2D eigenvalue weighted by Gasteiger charge is 2.22. The molecule has 1 aromatic rings. The van der Waals surface area contributed by atoms with E-state index >= 15 is 0 Å². The highest BCUT2D eigenvalue weighted by molar-refractivity contribution is 5.86. The quantitative estimate of drug-likeness (QED) is 0.832. The maximum absolute atomic E-state index is 12.1. The molecule has 138 valence electrons. The fraction of sp³-hybridized carbons (Fsp3) is 0.600. The summed E-state index contributed by atoms with van der Waals surface area (Å²) in [5.74, 6) is 1.10. The summed E-state index contributed by atoms with van der Waals surface area (Å²) in [6, 6.07) is 7.74. The Morgan fingerprint density at radius 3 is 2.36 bits per heavy atom. The van der Waals surface area contributed by atoms with Crippen molar-refractivity contribution in [2.75, 3.05) is 13.1 Å². The van der Waals surface area contributed by atoms with Gasteiger partial charge in [-0.1, -0.05) is 38.1 Å². The highest BCUT2D eigenvalue weighted by atomic mass is 16.2. The van der Waals surface area contributed by atoms with Crippen molar-refractivity contribution >= 4 is 11.8 Å². The molecule has 0 radical (unpaired) electrons. The number of piperidine rings is 1. The molecule has 1 fully saturated rings. The molecule has 1 saturated heterocycles. The van der Waals surface area contributed by atoms with Gasteiger partial charge in [0, 0.05) is 33.1 Å². The molecular formula is C20H31N3O2. The van der Waals surface area contributed by atoms with Gasteiger partial charge >= 0.3 is 0 Å². The number of nitrogens with one attached hydrogen (secondary N) is 2. The van der Waals surface area contributed by atoms with Crippen molar-refractivity contribution in [2.45, 2.75) is 53.2 Å². The molecule has 5 heteroatoms. The number of carbonyl (C=O) groups excluding carboxylic acids is 2. The second-order valence-corrected chi connectivity index (χ2v) is 7.55. The van der Waals surface area contributed by atoms with Crippen molar-refractivity contribution in [3.63, 3.8) is 0 Å². The molecule has 0 unspecified atom stereocenters. The maximum Gasteiger partial charge on any atom is 0.242 e. The SMILES string of the molecule is CC(=O)N[C@@H](C)C(=O)NCc1ccccc1CN1C[C@H](C)C[C@H](C)C1. The number of rotatable bonds is 6. The minimum Gasteiger partial charge on any atom is -0.350 e. The molecule has 2 rings (SSSR count). The number of hydrogen-bond donors (Lipinski definition) is 2. The Morgan fingerprint density at radius 1 is 1.16 bits per heavy atom. The second kappa shape index (κ2) is 8.99. The Kier molecular flexibility index (Phi) is 7.00. The van der Waals surface area contributed by atoms with E-state index in [2.05, 4.69) is 47.6 Å². The third kappa shape index (κ3) is 6.16. The van der Waals surface area contributed by atoms with Crippen molar-refractivity contribution in [3.8, 4) is 0 Å². The van der Waals surface area contributed by atoms with Crippen LogP contribution < -0.4 is 10.6 Å². The maximum atomic E-state index is 12.1. The topological polar surface area (TPSA) is 61.4 Å². The molecule has 1 aliphatic rings. The summed E-state index contributed by atoms with van der Waals surface area (Å²) in [4.78, 5) is 25.7. The summed E-state index contributed by atoms with van der Waals surface area (Å²) in [6.07, 6.45) is 1.30. The van der Waals surface area contributed by atoms with Crippen LogP contribution in [0.1, 0.15) is 45.2 Å². The first-order valence-electron chi connectivity index (χ1n) is 9.19. The predicted octanol–water partition coefficient (Wildman–Crippen LogP) is 2.31. The summed E-state index contributed by atoms with van der Waals surface area (Å²) in [7, 11) is 0. The third-order valence-corrected chi connectivity index (χ3v) is 4.72. The van der Waals surface area contributed by atoms with E-state index in [9.17, 15) is 9.59 Å². The Hall–Kier alpha value is -1.88. The molecule has 0 saturated carbocycles. The molecule has 2 N–H and O–H groups in total. The highest BCUT2D eigenvalue weighted by Crippen LogP contribution is 2.23. The molecular weight excluding hydrogens is 314 g/mol. The average Bonchev–Trinajstić information content (AvgIpc) is 2.52. The van der Waals surface area contributed by atoms with E-state index in [-0.39, 0.29) is 11.8 Å². The van der Waals surface area contributed by atoms with Crippen LogP contribution >= 0.6 is 0 Å². The lowest BCUT2D eigenvalue weighted by molar-refractivity contribution is -0.127. The van der Waals surface area contributed by atoms with Crippen LogP contribution in [0.5, 0.6) is 0 Å². The van der Waals surface area contributed by atoms with E-state index in [1.54, 1.807) is 6.92 Å². The molecule has 0 bridgehead atoms. The zero-order chi connectivity index (χ0) is 18.4.